The van der Waals surface area contributed by atoms with Gasteiger partial charge in [0.05, 0.1) is 0 Å². The van der Waals surface area contributed by atoms with Gasteiger partial charge in [0.25, 0.3) is 5.91 Å². The van der Waals surface area contributed by atoms with Crippen molar-refractivity contribution in [1.29, 1.82) is 0 Å². The average Bonchev–Trinajstić information content (AvgIpc) is 3.18. The van der Waals surface area contributed by atoms with Gasteiger partial charge < -0.3 is 9.88 Å². The molecule has 0 unspecified atom stereocenters. The minimum Gasteiger partial charge on any atom is -0.346 e. The summed E-state index contributed by atoms with van der Waals surface area (Å²) in [6.07, 6.45) is 5.70. The van der Waals surface area contributed by atoms with Gasteiger partial charge in [0.1, 0.15) is 4.70 Å². The van der Waals surface area contributed by atoms with Crippen LogP contribution >= 0.6 is 11.3 Å². The SMILES string of the molecule is Cn1cc(Cc2ccccc2)c(=O)c2sc(C(=O)NCc3ccncc3)nc21. The van der Waals surface area contributed by atoms with Gasteiger partial charge in [-0.1, -0.05) is 30.3 Å². The molecule has 0 saturated carbocycles. The molecule has 4 rings (SSSR count). The highest BCUT2D eigenvalue weighted by Crippen LogP contribution is 2.20. The van der Waals surface area contributed by atoms with Crippen LogP contribution in [-0.2, 0) is 20.0 Å². The summed E-state index contributed by atoms with van der Waals surface area (Å²) in [6.45, 7) is 0.382. The Morgan fingerprint density at radius 3 is 2.61 bits per heavy atom. The Balaban J connectivity index is 1.61. The Hall–Kier alpha value is -3.32. The summed E-state index contributed by atoms with van der Waals surface area (Å²) in [4.78, 5) is 33.8. The number of hydrogen-bond acceptors (Lipinski definition) is 5. The lowest BCUT2D eigenvalue weighted by molar-refractivity contribution is 0.0950. The molecule has 1 aromatic carbocycles. The molecule has 0 spiro atoms. The summed E-state index contributed by atoms with van der Waals surface area (Å²) in [7, 11) is 1.84. The van der Waals surface area contributed by atoms with Crippen molar-refractivity contribution >= 4 is 27.6 Å². The third-order valence-corrected chi connectivity index (χ3v) is 5.47. The number of aryl methyl sites for hydroxylation is 1. The minimum absolute atomic E-state index is 0.0670. The molecule has 0 bridgehead atoms. The van der Waals surface area contributed by atoms with E-state index in [1.807, 2.05) is 54.1 Å². The van der Waals surface area contributed by atoms with Gasteiger partial charge in [0.2, 0.25) is 5.43 Å². The number of nitrogens with zero attached hydrogens (tertiary/aromatic N) is 3. The number of fused-ring (bicyclic) bond motifs is 1. The van der Waals surface area contributed by atoms with Crippen LogP contribution in [0, 0.1) is 0 Å². The van der Waals surface area contributed by atoms with E-state index in [2.05, 4.69) is 15.3 Å². The summed E-state index contributed by atoms with van der Waals surface area (Å²) in [6, 6.07) is 13.5. The predicted molar refractivity (Wildman–Crippen MR) is 110 cm³/mol. The zero-order valence-electron chi connectivity index (χ0n) is 15.3. The van der Waals surface area contributed by atoms with Crippen LogP contribution in [0.3, 0.4) is 0 Å². The van der Waals surface area contributed by atoms with Crippen LogP contribution in [-0.4, -0.2) is 20.4 Å². The molecule has 1 N–H and O–H groups in total. The van der Waals surface area contributed by atoms with Crippen molar-refractivity contribution < 1.29 is 4.79 Å². The normalized spacial score (nSPS) is 10.9. The third kappa shape index (κ3) is 3.70. The first-order valence-corrected chi connectivity index (χ1v) is 9.63. The second-order valence-corrected chi connectivity index (χ2v) is 7.47. The monoisotopic (exact) mass is 390 g/mol. The molecule has 1 amide bonds. The van der Waals surface area contributed by atoms with Crippen LogP contribution in [0.1, 0.15) is 26.5 Å². The summed E-state index contributed by atoms with van der Waals surface area (Å²) >= 11 is 1.14. The summed E-state index contributed by atoms with van der Waals surface area (Å²) in [5, 5.41) is 3.13. The number of thiazole rings is 1. The van der Waals surface area contributed by atoms with Crippen molar-refractivity contribution in [2.45, 2.75) is 13.0 Å². The highest BCUT2D eigenvalue weighted by atomic mass is 32.1. The van der Waals surface area contributed by atoms with E-state index >= 15 is 0 Å². The lowest BCUT2D eigenvalue weighted by Crippen LogP contribution is -2.22. The van der Waals surface area contributed by atoms with E-state index in [1.54, 1.807) is 18.6 Å². The lowest BCUT2D eigenvalue weighted by Gasteiger charge is -2.05. The fourth-order valence-corrected chi connectivity index (χ4v) is 3.99. The first-order valence-electron chi connectivity index (χ1n) is 8.82. The number of amides is 1. The number of benzene rings is 1. The van der Waals surface area contributed by atoms with Crippen LogP contribution in [0.25, 0.3) is 10.3 Å². The zero-order valence-corrected chi connectivity index (χ0v) is 16.1. The van der Waals surface area contributed by atoms with E-state index in [9.17, 15) is 9.59 Å². The van der Waals surface area contributed by atoms with Gasteiger partial charge in [0.15, 0.2) is 10.7 Å². The molecular weight excluding hydrogens is 372 g/mol. The van der Waals surface area contributed by atoms with Crippen molar-refractivity contribution in [3.63, 3.8) is 0 Å². The fraction of sp³-hybridized carbons (Fsp3) is 0.143. The zero-order chi connectivity index (χ0) is 19.5. The molecule has 0 aliphatic carbocycles. The van der Waals surface area contributed by atoms with Crippen molar-refractivity contribution in [2.75, 3.05) is 0 Å². The van der Waals surface area contributed by atoms with Crippen LogP contribution in [0.2, 0.25) is 0 Å². The third-order valence-electron chi connectivity index (χ3n) is 4.42. The molecule has 0 aliphatic heterocycles. The van der Waals surface area contributed by atoms with Gasteiger partial charge in [0, 0.05) is 44.2 Å². The maximum absolute atomic E-state index is 12.9. The standard InChI is InChI=1S/C21H18N4O2S/c1-25-13-16(11-14-5-3-2-4-6-14)17(26)18-19(25)24-21(28-18)20(27)23-12-15-7-9-22-10-8-15/h2-10,13H,11-12H2,1H3,(H,23,27). The summed E-state index contributed by atoms with van der Waals surface area (Å²) in [5.41, 5.74) is 3.17. The quantitative estimate of drug-likeness (QED) is 0.568. The van der Waals surface area contributed by atoms with Gasteiger partial charge in [-0.15, -0.1) is 11.3 Å². The highest BCUT2D eigenvalue weighted by Gasteiger charge is 2.17. The molecular formula is C21H18N4O2S. The largest absolute Gasteiger partial charge is 0.346 e. The molecule has 140 valence electrons. The topological polar surface area (TPSA) is 76.9 Å². The second kappa shape index (κ2) is 7.74. The maximum atomic E-state index is 12.9. The van der Waals surface area contributed by atoms with Crippen molar-refractivity contribution in [2.24, 2.45) is 7.05 Å². The number of carbonyl (C=O) groups excluding carboxylic acids is 1. The highest BCUT2D eigenvalue weighted by molar-refractivity contribution is 7.20. The Morgan fingerprint density at radius 1 is 1.11 bits per heavy atom. The molecule has 3 aromatic heterocycles. The number of nitrogens with one attached hydrogen (secondary N) is 1. The molecule has 7 heteroatoms. The molecule has 4 aromatic rings. The van der Waals surface area contributed by atoms with E-state index < -0.39 is 0 Å². The lowest BCUT2D eigenvalue weighted by atomic mass is 10.1. The fourth-order valence-electron chi connectivity index (χ4n) is 3.00. The van der Waals surface area contributed by atoms with Crippen LogP contribution < -0.4 is 10.7 Å². The molecule has 0 atom stereocenters. The number of hydrogen-bond donors (Lipinski definition) is 1. The average molecular weight is 390 g/mol. The first-order chi connectivity index (χ1) is 13.6. The second-order valence-electron chi connectivity index (χ2n) is 6.47. The van der Waals surface area contributed by atoms with Crippen LogP contribution in [0.4, 0.5) is 0 Å². The van der Waals surface area contributed by atoms with Crippen LogP contribution in [0.5, 0.6) is 0 Å². The molecule has 0 saturated heterocycles. The Bertz CT molecular complexity index is 1180. The van der Waals surface area contributed by atoms with Gasteiger partial charge in [-0.25, -0.2) is 4.98 Å². The van der Waals surface area contributed by atoms with Crippen molar-refractivity contribution in [1.82, 2.24) is 19.9 Å². The van der Waals surface area contributed by atoms with E-state index in [0.717, 1.165) is 22.5 Å². The van der Waals surface area contributed by atoms with Crippen LogP contribution in [0.15, 0.2) is 65.8 Å². The van der Waals surface area contributed by atoms with Crippen molar-refractivity contribution in [3.05, 3.63) is 93.0 Å². The Kier molecular flexibility index (Phi) is 4.99. The number of carbonyl (C=O) groups is 1. The molecule has 6 nitrogen and oxygen atoms in total. The van der Waals surface area contributed by atoms with E-state index in [1.165, 1.54) is 0 Å². The molecule has 3 heterocycles. The smallest absolute Gasteiger partial charge is 0.280 e. The van der Waals surface area contributed by atoms with Crippen molar-refractivity contribution in [3.8, 4) is 0 Å². The molecule has 0 radical (unpaired) electrons. The van der Waals surface area contributed by atoms with Gasteiger partial charge in [-0.3, -0.25) is 14.6 Å². The Morgan fingerprint density at radius 2 is 1.86 bits per heavy atom. The first kappa shape index (κ1) is 18.1. The van der Waals surface area contributed by atoms with E-state index in [4.69, 9.17) is 0 Å². The maximum Gasteiger partial charge on any atom is 0.280 e. The molecule has 0 aliphatic rings. The predicted octanol–water partition coefficient (Wildman–Crippen LogP) is 2.91. The van der Waals surface area contributed by atoms with Gasteiger partial charge >= 0.3 is 0 Å². The summed E-state index contributed by atoms with van der Waals surface area (Å²) in [5.74, 6) is -0.290. The van der Waals surface area contributed by atoms with Gasteiger partial charge in [-0.05, 0) is 23.3 Å². The van der Waals surface area contributed by atoms with Gasteiger partial charge in [-0.2, -0.15) is 0 Å². The minimum atomic E-state index is -0.290. The molecule has 28 heavy (non-hydrogen) atoms. The van der Waals surface area contributed by atoms with E-state index in [-0.39, 0.29) is 16.3 Å². The number of aromatic nitrogens is 3. The number of pyridine rings is 2. The summed E-state index contributed by atoms with van der Waals surface area (Å²) < 4.78 is 2.32. The number of rotatable bonds is 5. The van der Waals surface area contributed by atoms with E-state index in [0.29, 0.717) is 28.9 Å². The Labute approximate surface area is 165 Å². The molecule has 0 fully saturated rings.